The average molecular weight is 1480 g/mol. The SMILES string of the molecule is CNC1(C)CC(OC2C(Oc3c4cc5cc3Oc3ccc(cc3Cl)[C@@H](O)[C@@H](NC(=O)[C@@H](CC(C)C)N(C)C)C(=O)N[C@@H](CC(N)=O)C(=O)N[C@H]5C(=O)N[C@H]3C(=O)N[C@H](C(=O)NC(C(=O)O)c5cc(O)cc(O)c5-c5cc3ccc5O)[C@H](O)c3ccc(c(Cl)c3)O4)OC(CO)C(O)C2O)OC(C)C1O. The van der Waals surface area contributed by atoms with Gasteiger partial charge in [0.1, 0.15) is 89.5 Å². The van der Waals surface area contributed by atoms with Crippen molar-refractivity contribution in [1.29, 1.82) is 0 Å². The molecule has 103 heavy (non-hydrogen) atoms. The number of carbonyl (C=O) groups excluding carboxylic acids is 7. The molecule has 2 fully saturated rings. The molecule has 7 heterocycles. The van der Waals surface area contributed by atoms with Crippen LogP contribution in [-0.4, -0.2) is 210 Å². The number of carboxylic acid groups (broad SMARTS) is 1. The number of aliphatic hydroxyl groups is 6. The van der Waals surface area contributed by atoms with Crippen LogP contribution in [0.2, 0.25) is 10.0 Å². The van der Waals surface area contributed by atoms with Gasteiger partial charge in [-0.05, 0) is 124 Å². The van der Waals surface area contributed by atoms with E-state index in [1.54, 1.807) is 39.9 Å². The van der Waals surface area contributed by atoms with Crippen molar-refractivity contribution >= 4 is 70.5 Å². The first-order chi connectivity index (χ1) is 48.6. The minimum absolute atomic E-state index is 0.0911. The molecule has 11 bridgehead atoms. The van der Waals surface area contributed by atoms with Gasteiger partial charge >= 0.3 is 5.97 Å². The minimum atomic E-state index is -2.34. The fourth-order valence-corrected chi connectivity index (χ4v) is 13.3. The fraction of sp³-hybridized carbons (Fsp3) is 0.441. The van der Waals surface area contributed by atoms with Crippen LogP contribution >= 0.6 is 23.2 Å². The van der Waals surface area contributed by atoms with Gasteiger partial charge < -0.3 is 122 Å². The second-order valence-corrected chi connectivity index (χ2v) is 27.3. The normalized spacial score (nSPS) is 29.2. The van der Waals surface area contributed by atoms with Crippen LogP contribution in [0.3, 0.4) is 0 Å². The van der Waals surface area contributed by atoms with Gasteiger partial charge in [-0.25, -0.2) is 4.79 Å². The topological polar surface area (TPSA) is 508 Å². The molecule has 0 aliphatic carbocycles. The predicted octanol–water partition coefficient (Wildman–Crippen LogP) is 0.709. The van der Waals surface area contributed by atoms with Crippen molar-refractivity contribution in [2.75, 3.05) is 27.7 Å². The second-order valence-electron chi connectivity index (χ2n) is 26.5. The van der Waals surface area contributed by atoms with E-state index in [0.717, 1.165) is 66.7 Å². The number of likely N-dealkylation sites (N-methyl/N-ethyl adjacent to an activating group) is 2. The Morgan fingerprint density at radius 3 is 1.90 bits per heavy atom. The van der Waals surface area contributed by atoms with Gasteiger partial charge in [-0.2, -0.15) is 0 Å². The smallest absolute Gasteiger partial charge is 0.330 e. The lowest BCUT2D eigenvalue weighted by atomic mass is 9.85. The van der Waals surface area contributed by atoms with Crippen molar-refractivity contribution in [3.63, 3.8) is 0 Å². The zero-order valence-electron chi connectivity index (χ0n) is 56.2. The maximum absolute atomic E-state index is 16.1. The van der Waals surface area contributed by atoms with Crippen LogP contribution in [0.15, 0.2) is 78.9 Å². The third-order valence-electron chi connectivity index (χ3n) is 18.6. The first-order valence-electron chi connectivity index (χ1n) is 32.4. The van der Waals surface area contributed by atoms with Crippen molar-refractivity contribution in [3.05, 3.63) is 117 Å². The zero-order chi connectivity index (χ0) is 75.1. The maximum Gasteiger partial charge on any atom is 0.330 e. The van der Waals surface area contributed by atoms with Crippen LogP contribution in [0.1, 0.15) is 105 Å². The van der Waals surface area contributed by atoms with Gasteiger partial charge in [0, 0.05) is 34.7 Å². The first kappa shape index (κ1) is 76.4. The van der Waals surface area contributed by atoms with Crippen molar-refractivity contribution in [2.45, 2.75) is 156 Å². The number of rotatable bonds is 14. The molecule has 0 aromatic heterocycles. The van der Waals surface area contributed by atoms with E-state index in [4.69, 9.17) is 57.4 Å². The van der Waals surface area contributed by atoms with E-state index in [1.807, 2.05) is 13.8 Å². The molecule has 7 amide bonds. The monoisotopic (exact) mass is 1480 g/mol. The number of carboxylic acids is 1. The Morgan fingerprint density at radius 2 is 1.32 bits per heavy atom. The van der Waals surface area contributed by atoms with Crippen molar-refractivity contribution in [3.8, 4) is 57.1 Å². The van der Waals surface area contributed by atoms with Crippen molar-refractivity contribution in [2.24, 2.45) is 11.7 Å². The van der Waals surface area contributed by atoms with Crippen LogP contribution in [0, 0.1) is 5.92 Å². The summed E-state index contributed by atoms with van der Waals surface area (Å²) in [6.07, 6.45) is -18.0. The van der Waals surface area contributed by atoms with E-state index in [2.05, 4.69) is 37.2 Å². The maximum atomic E-state index is 16.1. The highest BCUT2D eigenvalue weighted by Gasteiger charge is 2.52. The average Bonchev–Trinajstić information content (AvgIpc) is 0.782. The Kier molecular flexibility index (Phi) is 23.0. The minimum Gasteiger partial charge on any atom is -0.508 e. The highest BCUT2D eigenvalue weighted by atomic mass is 35.5. The fourth-order valence-electron chi connectivity index (χ4n) is 12.9. The number of primary amides is 1. The number of aromatic hydroxyl groups is 3. The number of nitrogens with two attached hydrogens (primary N) is 1. The van der Waals surface area contributed by atoms with E-state index in [0.29, 0.717) is 0 Å². The third kappa shape index (κ3) is 16.1. The van der Waals surface area contributed by atoms with Crippen LogP contribution < -0.4 is 57.2 Å². The Hall–Kier alpha value is -9.20. The number of phenolic OH excluding ortho intramolecular Hbond substituents is 3. The molecule has 5 aromatic rings. The molecule has 35 heteroatoms. The number of ether oxygens (including phenoxy) is 6. The highest BCUT2D eigenvalue weighted by molar-refractivity contribution is 6.32. The molecule has 7 aliphatic rings. The number of nitrogens with one attached hydrogen (secondary N) is 7. The summed E-state index contributed by atoms with van der Waals surface area (Å²) in [5.41, 5.74) is 1.86. The number of phenols is 3. The number of nitrogens with zero attached hydrogens (tertiary/aromatic N) is 1. The number of carbonyl (C=O) groups is 8. The molecule has 12 rings (SSSR count). The number of hydrogen-bond donors (Lipinski definition) is 18. The molecular formula is C68H79Cl2N9O24. The van der Waals surface area contributed by atoms with E-state index >= 15 is 14.4 Å². The van der Waals surface area contributed by atoms with Gasteiger partial charge in [0.15, 0.2) is 29.9 Å². The molecule has 7 aliphatic heterocycles. The largest absolute Gasteiger partial charge is 0.508 e. The molecule has 33 nitrogen and oxygen atoms in total. The second kappa shape index (κ2) is 31.0. The van der Waals surface area contributed by atoms with Crippen LogP contribution in [0.4, 0.5) is 0 Å². The quantitative estimate of drug-likeness (QED) is 0.0728. The summed E-state index contributed by atoms with van der Waals surface area (Å²) in [6, 6.07) is -0.471. The summed E-state index contributed by atoms with van der Waals surface area (Å²) in [7, 11) is 4.78. The Labute approximate surface area is 597 Å². The third-order valence-corrected chi connectivity index (χ3v) is 19.1. The highest BCUT2D eigenvalue weighted by Crippen LogP contribution is 2.50. The lowest BCUT2D eigenvalue weighted by molar-refractivity contribution is -0.334. The Balaban J connectivity index is 1.24. The molecule has 2 saturated heterocycles. The van der Waals surface area contributed by atoms with Crippen LogP contribution in [0.25, 0.3) is 11.1 Å². The molecule has 0 spiro atoms. The molecule has 554 valence electrons. The Morgan fingerprint density at radius 1 is 0.718 bits per heavy atom. The number of fused-ring (bicyclic) bond motifs is 15. The molecule has 0 saturated carbocycles. The summed E-state index contributed by atoms with van der Waals surface area (Å²) in [4.78, 5) is 119. The van der Waals surface area contributed by atoms with E-state index in [1.165, 1.54) is 12.1 Å². The molecule has 18 atom stereocenters. The molecule has 0 radical (unpaired) electrons. The summed E-state index contributed by atoms with van der Waals surface area (Å²) < 4.78 is 38.7. The van der Waals surface area contributed by atoms with E-state index in [9.17, 15) is 75.0 Å². The van der Waals surface area contributed by atoms with E-state index in [-0.39, 0.29) is 52.0 Å². The number of hydrogen-bond acceptors (Lipinski definition) is 25. The van der Waals surface area contributed by atoms with Crippen LogP contribution in [-0.2, 0) is 52.6 Å². The number of benzene rings is 5. The molecular weight excluding hydrogens is 1400 g/mol. The standard InChI is InChI=1S/C68H79Cl2N9O24/c1-25(2)14-37(79(6)7)61(91)77-51-53(85)28-9-12-40(34(69)16-28)99-42-18-30-19-43(57(42)103-67-58(56(88)55(87)44(24-80)101-67)102-46-23-68(4,72-5)59(89)26(3)98-46)100-41-13-10-29(17-35(41)70)54(86)52-65(95)76-50(66(96)97)33-20-31(81)21-39(83)47(33)32-15-27(8-11-38(32)82)48(62(92)78-52)75-63(93)49(30)74-60(90)36(22-45(71)84)73-64(51)94/h8-13,15-21,25-26,36-37,44,46,48-56,58-59,67,72,80-83,85-89H,14,22-24H2,1-7H3,(H2,71,84)(H,73,94)(H,74,90)(H,75,93)(H,76,95)(H,77,91)(H,78,92)(H,96,97)/t26?,36-,37+,44?,46?,48+,49+,50?,51+,52-,53+,54+,55?,56?,58?,59?,67?,68?/m0/s1. The number of aliphatic hydroxyl groups excluding tert-OH is 6. The summed E-state index contributed by atoms with van der Waals surface area (Å²) >= 11 is 14.2. The molecule has 10 unspecified atom stereocenters. The lowest BCUT2D eigenvalue weighted by Crippen LogP contribution is -2.65. The van der Waals surface area contributed by atoms with Gasteiger partial charge in [0.2, 0.25) is 53.4 Å². The van der Waals surface area contributed by atoms with Gasteiger partial charge in [-0.15, -0.1) is 0 Å². The van der Waals surface area contributed by atoms with Crippen molar-refractivity contribution < 1.29 is 118 Å². The number of aliphatic carboxylic acids is 1. The molecule has 19 N–H and O–H groups in total. The van der Waals surface area contributed by atoms with Gasteiger partial charge in [0.05, 0.1) is 41.3 Å². The van der Waals surface area contributed by atoms with Crippen molar-refractivity contribution in [1.82, 2.24) is 42.1 Å². The number of amides is 7. The Bertz CT molecular complexity index is 4130. The number of halogens is 2. The lowest BCUT2D eigenvalue weighted by Gasteiger charge is -2.48. The van der Waals surface area contributed by atoms with E-state index < -0.39 is 231 Å². The summed E-state index contributed by atoms with van der Waals surface area (Å²) in [5, 5.41) is 132. The van der Waals surface area contributed by atoms with Crippen LogP contribution in [0.5, 0.6) is 46.0 Å². The van der Waals surface area contributed by atoms with Gasteiger partial charge in [0.25, 0.3) is 0 Å². The predicted molar refractivity (Wildman–Crippen MR) is 359 cm³/mol. The van der Waals surface area contributed by atoms with Gasteiger partial charge in [-0.1, -0.05) is 55.2 Å². The van der Waals surface area contributed by atoms with Gasteiger partial charge in [-0.3, -0.25) is 38.5 Å². The first-order valence-corrected chi connectivity index (χ1v) is 33.2. The zero-order valence-corrected chi connectivity index (χ0v) is 57.7. The summed E-state index contributed by atoms with van der Waals surface area (Å²) in [6.45, 7) is 5.95. The summed E-state index contributed by atoms with van der Waals surface area (Å²) in [5.74, 6) is -15.8. The molecule has 5 aromatic carbocycles.